The highest BCUT2D eigenvalue weighted by Gasteiger charge is 2.20. The molecule has 4 aromatic rings. The van der Waals surface area contributed by atoms with E-state index in [9.17, 15) is 4.79 Å². The molecule has 2 heterocycles. The van der Waals surface area contributed by atoms with Crippen LogP contribution in [0.25, 0.3) is 33.2 Å². The summed E-state index contributed by atoms with van der Waals surface area (Å²) in [4.78, 5) is 16.6. The molecule has 0 aliphatic carbocycles. The van der Waals surface area contributed by atoms with Crippen molar-refractivity contribution in [1.29, 1.82) is 0 Å². The van der Waals surface area contributed by atoms with Gasteiger partial charge in [-0.3, -0.25) is 4.79 Å². The molecule has 0 aliphatic heterocycles. The molecule has 4 heteroatoms. The van der Waals surface area contributed by atoms with Crippen LogP contribution in [0.15, 0.2) is 54.6 Å². The van der Waals surface area contributed by atoms with Gasteiger partial charge in [0.25, 0.3) is 0 Å². The summed E-state index contributed by atoms with van der Waals surface area (Å²) in [6.45, 7) is 2.86. The van der Waals surface area contributed by atoms with E-state index in [0.29, 0.717) is 16.3 Å². The Morgan fingerprint density at radius 3 is 2.50 bits per heavy atom. The molecular formula is C20H15ClN2O. The lowest BCUT2D eigenvalue weighted by atomic mass is 10.0. The first-order valence-electron chi connectivity index (χ1n) is 7.87. The molecule has 24 heavy (non-hydrogen) atoms. The third kappa shape index (κ3) is 2.05. The van der Waals surface area contributed by atoms with Crippen molar-refractivity contribution in [3.8, 4) is 11.3 Å². The second-order valence-corrected chi connectivity index (χ2v) is 6.01. The maximum atomic E-state index is 11.7. The third-order valence-electron chi connectivity index (χ3n) is 4.35. The van der Waals surface area contributed by atoms with Crippen molar-refractivity contribution in [3.05, 3.63) is 65.2 Å². The Balaban J connectivity index is 2.21. The fourth-order valence-electron chi connectivity index (χ4n) is 3.27. The lowest BCUT2D eigenvalue weighted by Crippen LogP contribution is -1.99. The number of carbonyl (C=O) groups excluding carboxylic acids is 1. The topological polar surface area (TPSA) is 34.9 Å². The molecule has 118 valence electrons. The highest BCUT2D eigenvalue weighted by atomic mass is 35.5. The molecule has 0 N–H and O–H groups in total. The maximum absolute atomic E-state index is 11.7. The molecule has 0 saturated heterocycles. The van der Waals surface area contributed by atoms with Crippen LogP contribution in [0.1, 0.15) is 17.3 Å². The van der Waals surface area contributed by atoms with E-state index in [1.807, 2.05) is 48.5 Å². The summed E-state index contributed by atoms with van der Waals surface area (Å²) in [6, 6.07) is 17.7. The molecule has 4 rings (SSSR count). The van der Waals surface area contributed by atoms with Crippen molar-refractivity contribution in [2.75, 3.05) is 0 Å². The van der Waals surface area contributed by atoms with Crippen LogP contribution in [0.3, 0.4) is 0 Å². The van der Waals surface area contributed by atoms with Gasteiger partial charge in [0.1, 0.15) is 5.65 Å². The van der Waals surface area contributed by atoms with Gasteiger partial charge in [0, 0.05) is 22.9 Å². The molecule has 2 aromatic heterocycles. The Morgan fingerprint density at radius 2 is 1.79 bits per heavy atom. The van der Waals surface area contributed by atoms with Gasteiger partial charge in [0.05, 0.1) is 21.8 Å². The van der Waals surface area contributed by atoms with Crippen LogP contribution in [0.4, 0.5) is 0 Å². The van der Waals surface area contributed by atoms with Crippen LogP contribution in [0, 0.1) is 0 Å². The van der Waals surface area contributed by atoms with E-state index >= 15 is 0 Å². The molecule has 3 nitrogen and oxygen atoms in total. The van der Waals surface area contributed by atoms with Gasteiger partial charge < -0.3 is 4.57 Å². The number of hydrogen-bond acceptors (Lipinski definition) is 2. The minimum Gasteiger partial charge on any atom is -0.325 e. The van der Waals surface area contributed by atoms with Crippen LogP contribution < -0.4 is 0 Å². The summed E-state index contributed by atoms with van der Waals surface area (Å²) in [5, 5.41) is 2.34. The number of rotatable bonds is 3. The van der Waals surface area contributed by atoms with Gasteiger partial charge in [-0.2, -0.15) is 0 Å². The summed E-state index contributed by atoms with van der Waals surface area (Å²) in [5.41, 5.74) is 3.84. The molecule has 0 saturated carbocycles. The number of aryl methyl sites for hydroxylation is 1. The lowest BCUT2D eigenvalue weighted by Gasteiger charge is -2.09. The Labute approximate surface area is 144 Å². The molecule has 0 aliphatic rings. The largest absolute Gasteiger partial charge is 0.325 e. The number of halogens is 1. The Kier molecular flexibility index (Phi) is 3.58. The number of para-hydroxylation sites is 1. The van der Waals surface area contributed by atoms with Gasteiger partial charge in [-0.1, -0.05) is 60.1 Å². The van der Waals surface area contributed by atoms with Gasteiger partial charge in [-0.25, -0.2) is 4.98 Å². The van der Waals surface area contributed by atoms with Gasteiger partial charge in [-0.05, 0) is 13.0 Å². The smallest absolute Gasteiger partial charge is 0.153 e. The molecule has 0 fully saturated rings. The minimum atomic E-state index is 0.439. The van der Waals surface area contributed by atoms with Crippen molar-refractivity contribution in [1.82, 2.24) is 9.55 Å². The number of nitrogens with zero attached hydrogens (tertiary/aromatic N) is 2. The van der Waals surface area contributed by atoms with Crippen molar-refractivity contribution in [2.24, 2.45) is 0 Å². The van der Waals surface area contributed by atoms with Crippen molar-refractivity contribution in [3.63, 3.8) is 0 Å². The zero-order valence-corrected chi connectivity index (χ0v) is 13.9. The first kappa shape index (κ1) is 14.9. The quantitative estimate of drug-likeness (QED) is 0.474. The fraction of sp³-hybridized carbons (Fsp3) is 0.100. The maximum Gasteiger partial charge on any atom is 0.153 e. The molecule has 0 spiro atoms. The number of hydrogen-bond donors (Lipinski definition) is 0. The first-order valence-corrected chi connectivity index (χ1v) is 8.25. The van der Waals surface area contributed by atoms with Crippen molar-refractivity contribution >= 4 is 39.8 Å². The highest BCUT2D eigenvalue weighted by Crippen LogP contribution is 2.38. The monoisotopic (exact) mass is 334 g/mol. The number of fused-ring (bicyclic) bond motifs is 3. The summed E-state index contributed by atoms with van der Waals surface area (Å²) in [5.74, 6) is 0. The van der Waals surface area contributed by atoms with Crippen LogP contribution in [-0.2, 0) is 6.54 Å². The normalized spacial score (nSPS) is 11.2. The second-order valence-electron chi connectivity index (χ2n) is 5.63. The number of benzene rings is 2. The van der Waals surface area contributed by atoms with Crippen LogP contribution in [-0.4, -0.2) is 15.8 Å². The highest BCUT2D eigenvalue weighted by molar-refractivity contribution is 6.40. The van der Waals surface area contributed by atoms with Gasteiger partial charge in [0.15, 0.2) is 6.29 Å². The van der Waals surface area contributed by atoms with Crippen LogP contribution in [0.2, 0.25) is 5.02 Å². The van der Waals surface area contributed by atoms with E-state index < -0.39 is 0 Å². The minimum absolute atomic E-state index is 0.439. The van der Waals surface area contributed by atoms with E-state index in [1.54, 1.807) is 0 Å². The van der Waals surface area contributed by atoms with E-state index in [0.717, 1.165) is 40.3 Å². The fourth-order valence-corrected chi connectivity index (χ4v) is 3.59. The van der Waals surface area contributed by atoms with Gasteiger partial charge >= 0.3 is 0 Å². The van der Waals surface area contributed by atoms with E-state index in [-0.39, 0.29) is 0 Å². The average Bonchev–Trinajstić information content (AvgIpc) is 2.96. The van der Waals surface area contributed by atoms with E-state index in [1.165, 1.54) is 0 Å². The summed E-state index contributed by atoms with van der Waals surface area (Å²) in [6.07, 6.45) is 0.801. The van der Waals surface area contributed by atoms with E-state index in [2.05, 4.69) is 17.6 Å². The Morgan fingerprint density at radius 1 is 1.08 bits per heavy atom. The zero-order valence-electron chi connectivity index (χ0n) is 13.2. The first-order chi connectivity index (χ1) is 11.8. The zero-order chi connectivity index (χ0) is 16.7. The van der Waals surface area contributed by atoms with Crippen LogP contribution in [0.5, 0.6) is 0 Å². The summed E-state index contributed by atoms with van der Waals surface area (Å²) < 4.78 is 2.14. The predicted octanol–water partition coefficient (Wildman–Crippen LogP) is 5.34. The summed E-state index contributed by atoms with van der Waals surface area (Å²) in [7, 11) is 0. The molecular weight excluding hydrogens is 320 g/mol. The second kappa shape index (κ2) is 5.77. The summed E-state index contributed by atoms with van der Waals surface area (Å²) >= 11 is 6.66. The molecule has 0 atom stereocenters. The van der Waals surface area contributed by atoms with Crippen molar-refractivity contribution in [2.45, 2.75) is 13.5 Å². The molecule has 2 aromatic carbocycles. The predicted molar refractivity (Wildman–Crippen MR) is 98.7 cm³/mol. The van der Waals surface area contributed by atoms with Crippen LogP contribution >= 0.6 is 11.6 Å². The van der Waals surface area contributed by atoms with E-state index in [4.69, 9.17) is 16.6 Å². The number of aldehydes is 1. The van der Waals surface area contributed by atoms with Gasteiger partial charge in [-0.15, -0.1) is 0 Å². The average molecular weight is 335 g/mol. The standard InChI is InChI=1S/C20H15ClN2O/c1-2-23-16-11-7-6-10-14(16)17-18(21)15(12-24)19(22-20(17)23)13-8-4-3-5-9-13/h3-12H,2H2,1H3. The Hall–Kier alpha value is -2.65. The molecule has 0 radical (unpaired) electrons. The van der Waals surface area contributed by atoms with Gasteiger partial charge in [0.2, 0.25) is 0 Å². The number of pyridine rings is 1. The number of carbonyl (C=O) groups is 1. The Bertz CT molecular complexity index is 1070. The lowest BCUT2D eigenvalue weighted by molar-refractivity contribution is 0.112. The molecule has 0 bridgehead atoms. The molecule has 0 amide bonds. The number of aromatic nitrogens is 2. The molecule has 0 unspecified atom stereocenters. The SMILES string of the molecule is CCn1c2ccccc2c2c(Cl)c(C=O)c(-c3ccccc3)nc21. The van der Waals surface area contributed by atoms with Crippen molar-refractivity contribution < 1.29 is 4.79 Å². The third-order valence-corrected chi connectivity index (χ3v) is 4.75.